The third-order valence-electron chi connectivity index (χ3n) is 2.34. The molecule has 6 heteroatoms. The number of nitrogens with zero attached hydrogens (tertiary/aromatic N) is 2. The predicted octanol–water partition coefficient (Wildman–Crippen LogP) is 2.14. The lowest BCUT2D eigenvalue weighted by atomic mass is 10.3. The standard InChI is InChI=1S/C11H17N3O3/c1-9-10(14(15)16)5-6-11(13-9)12-7-3-4-8-17-2/h5-6H,3-4,7-8H2,1-2H3,(H,12,13). The first kappa shape index (κ1) is 13.4. The minimum atomic E-state index is -0.426. The minimum absolute atomic E-state index is 0.0509. The topological polar surface area (TPSA) is 77.3 Å². The zero-order valence-electron chi connectivity index (χ0n) is 10.1. The summed E-state index contributed by atoms with van der Waals surface area (Å²) in [5, 5.41) is 13.7. The van der Waals surface area contributed by atoms with Crippen molar-refractivity contribution in [3.05, 3.63) is 27.9 Å². The number of hydrogen-bond acceptors (Lipinski definition) is 5. The van der Waals surface area contributed by atoms with Crippen LogP contribution in [0.3, 0.4) is 0 Å². The normalized spacial score (nSPS) is 10.2. The van der Waals surface area contributed by atoms with Crippen LogP contribution in [-0.4, -0.2) is 30.2 Å². The zero-order valence-corrected chi connectivity index (χ0v) is 10.1. The van der Waals surface area contributed by atoms with Crippen molar-refractivity contribution in [3.63, 3.8) is 0 Å². The largest absolute Gasteiger partial charge is 0.385 e. The van der Waals surface area contributed by atoms with Gasteiger partial charge in [0.05, 0.1) is 4.92 Å². The summed E-state index contributed by atoms with van der Waals surface area (Å²) in [7, 11) is 1.68. The van der Waals surface area contributed by atoms with Crippen molar-refractivity contribution >= 4 is 11.5 Å². The number of hydrogen-bond donors (Lipinski definition) is 1. The van der Waals surface area contributed by atoms with E-state index >= 15 is 0 Å². The second kappa shape index (κ2) is 6.80. The maximum absolute atomic E-state index is 10.6. The fourth-order valence-corrected chi connectivity index (χ4v) is 1.43. The van der Waals surface area contributed by atoms with Gasteiger partial charge in [-0.25, -0.2) is 4.98 Å². The van der Waals surface area contributed by atoms with E-state index in [2.05, 4.69) is 10.3 Å². The fourth-order valence-electron chi connectivity index (χ4n) is 1.43. The van der Waals surface area contributed by atoms with Gasteiger partial charge in [-0.1, -0.05) is 0 Å². The summed E-state index contributed by atoms with van der Waals surface area (Å²) in [5.74, 6) is 0.672. The van der Waals surface area contributed by atoms with Gasteiger partial charge in [0.1, 0.15) is 11.5 Å². The Bertz CT molecular complexity index is 382. The van der Waals surface area contributed by atoms with E-state index in [4.69, 9.17) is 4.74 Å². The number of nitro groups is 1. The van der Waals surface area contributed by atoms with Gasteiger partial charge in [-0.3, -0.25) is 10.1 Å². The van der Waals surface area contributed by atoms with Gasteiger partial charge in [0.25, 0.3) is 5.69 Å². The lowest BCUT2D eigenvalue weighted by Crippen LogP contribution is -2.05. The summed E-state index contributed by atoms with van der Waals surface area (Å²) in [6, 6.07) is 3.10. The van der Waals surface area contributed by atoms with Gasteiger partial charge < -0.3 is 10.1 Å². The van der Waals surface area contributed by atoms with Gasteiger partial charge in [-0.15, -0.1) is 0 Å². The molecular formula is C11H17N3O3. The molecule has 17 heavy (non-hydrogen) atoms. The highest BCUT2D eigenvalue weighted by Gasteiger charge is 2.11. The van der Waals surface area contributed by atoms with Crippen LogP contribution in [0.15, 0.2) is 12.1 Å². The number of anilines is 1. The van der Waals surface area contributed by atoms with Gasteiger partial charge in [-0.05, 0) is 25.8 Å². The molecule has 0 atom stereocenters. The van der Waals surface area contributed by atoms with Crippen molar-refractivity contribution in [2.75, 3.05) is 25.6 Å². The Balaban J connectivity index is 2.45. The SMILES string of the molecule is COCCCCNc1ccc([N+](=O)[O-])c(C)n1. The molecule has 0 unspecified atom stereocenters. The maximum atomic E-state index is 10.6. The Kier molecular flexibility index (Phi) is 5.35. The molecule has 0 radical (unpaired) electrons. The van der Waals surface area contributed by atoms with Gasteiger partial charge in [0.2, 0.25) is 0 Å². The molecule has 0 aliphatic heterocycles. The van der Waals surface area contributed by atoms with Crippen LogP contribution in [0, 0.1) is 17.0 Å². The van der Waals surface area contributed by atoms with Crippen molar-refractivity contribution in [1.82, 2.24) is 4.98 Å². The monoisotopic (exact) mass is 239 g/mol. The number of pyridine rings is 1. The molecule has 0 amide bonds. The second-order valence-corrected chi connectivity index (χ2v) is 3.68. The number of aromatic nitrogens is 1. The van der Waals surface area contributed by atoms with Crippen LogP contribution >= 0.6 is 0 Å². The first-order valence-electron chi connectivity index (χ1n) is 5.50. The smallest absolute Gasteiger partial charge is 0.290 e. The molecule has 1 heterocycles. The zero-order chi connectivity index (χ0) is 12.7. The highest BCUT2D eigenvalue weighted by atomic mass is 16.6. The molecule has 1 N–H and O–H groups in total. The van der Waals surface area contributed by atoms with E-state index in [-0.39, 0.29) is 5.69 Å². The van der Waals surface area contributed by atoms with Crippen molar-refractivity contribution in [2.45, 2.75) is 19.8 Å². The van der Waals surface area contributed by atoms with Crippen molar-refractivity contribution in [2.24, 2.45) is 0 Å². The van der Waals surface area contributed by atoms with Crippen LogP contribution in [0.1, 0.15) is 18.5 Å². The predicted molar refractivity (Wildman–Crippen MR) is 65.2 cm³/mol. The number of nitrogens with one attached hydrogen (secondary N) is 1. The number of rotatable bonds is 7. The van der Waals surface area contributed by atoms with Gasteiger partial charge in [0, 0.05) is 26.3 Å². The third kappa shape index (κ3) is 4.36. The lowest BCUT2D eigenvalue weighted by molar-refractivity contribution is -0.385. The van der Waals surface area contributed by atoms with Gasteiger partial charge in [-0.2, -0.15) is 0 Å². The first-order chi connectivity index (χ1) is 8.15. The van der Waals surface area contributed by atoms with Crippen LogP contribution in [-0.2, 0) is 4.74 Å². The minimum Gasteiger partial charge on any atom is -0.385 e. The third-order valence-corrected chi connectivity index (χ3v) is 2.34. The molecule has 0 aliphatic rings. The summed E-state index contributed by atoms with van der Waals surface area (Å²) in [6.07, 6.45) is 1.96. The number of ether oxygens (including phenoxy) is 1. The molecule has 0 saturated carbocycles. The molecule has 6 nitrogen and oxygen atoms in total. The number of unbranched alkanes of at least 4 members (excludes halogenated alkanes) is 1. The van der Waals surface area contributed by atoms with E-state index in [1.54, 1.807) is 20.1 Å². The first-order valence-corrected chi connectivity index (χ1v) is 5.50. The Morgan fingerprint density at radius 1 is 1.47 bits per heavy atom. The molecule has 0 aliphatic carbocycles. The van der Waals surface area contributed by atoms with E-state index in [9.17, 15) is 10.1 Å². The maximum Gasteiger partial charge on any atom is 0.290 e. The van der Waals surface area contributed by atoms with Crippen LogP contribution in [0.25, 0.3) is 0 Å². The molecule has 94 valence electrons. The highest BCUT2D eigenvalue weighted by Crippen LogP contribution is 2.17. The number of aryl methyl sites for hydroxylation is 1. The van der Waals surface area contributed by atoms with Gasteiger partial charge >= 0.3 is 0 Å². The summed E-state index contributed by atoms with van der Waals surface area (Å²) in [4.78, 5) is 14.3. The summed E-state index contributed by atoms with van der Waals surface area (Å²) >= 11 is 0. The summed E-state index contributed by atoms with van der Waals surface area (Å²) < 4.78 is 4.94. The molecule has 0 aromatic carbocycles. The lowest BCUT2D eigenvalue weighted by Gasteiger charge is -2.06. The van der Waals surface area contributed by atoms with Crippen LogP contribution in [0.5, 0.6) is 0 Å². The molecular weight excluding hydrogens is 222 g/mol. The van der Waals surface area contributed by atoms with Crippen LogP contribution in [0.4, 0.5) is 11.5 Å². The van der Waals surface area contributed by atoms with Crippen LogP contribution < -0.4 is 5.32 Å². The average molecular weight is 239 g/mol. The number of methoxy groups -OCH3 is 1. The van der Waals surface area contributed by atoms with E-state index < -0.39 is 4.92 Å². The molecule has 1 rings (SSSR count). The van der Waals surface area contributed by atoms with Crippen molar-refractivity contribution < 1.29 is 9.66 Å². The summed E-state index contributed by atoms with van der Waals surface area (Å²) in [5.41, 5.74) is 0.479. The van der Waals surface area contributed by atoms with E-state index in [1.165, 1.54) is 6.07 Å². The van der Waals surface area contributed by atoms with Crippen molar-refractivity contribution in [1.29, 1.82) is 0 Å². The molecule has 0 saturated heterocycles. The second-order valence-electron chi connectivity index (χ2n) is 3.68. The molecule has 0 spiro atoms. The Morgan fingerprint density at radius 3 is 2.82 bits per heavy atom. The van der Waals surface area contributed by atoms with Crippen molar-refractivity contribution in [3.8, 4) is 0 Å². The highest BCUT2D eigenvalue weighted by molar-refractivity contribution is 5.44. The molecule has 1 aromatic rings. The molecule has 0 bridgehead atoms. The van der Waals surface area contributed by atoms with E-state index in [1.807, 2.05) is 0 Å². The quantitative estimate of drug-likeness (QED) is 0.448. The van der Waals surface area contributed by atoms with Crippen LogP contribution in [0.2, 0.25) is 0 Å². The van der Waals surface area contributed by atoms with E-state index in [0.717, 1.165) is 26.0 Å². The fraction of sp³-hybridized carbons (Fsp3) is 0.545. The molecule has 0 fully saturated rings. The average Bonchev–Trinajstić information content (AvgIpc) is 2.28. The summed E-state index contributed by atoms with van der Waals surface area (Å²) in [6.45, 7) is 3.16. The van der Waals surface area contributed by atoms with E-state index in [0.29, 0.717) is 11.5 Å². The van der Waals surface area contributed by atoms with Gasteiger partial charge in [0.15, 0.2) is 0 Å². The Hall–Kier alpha value is -1.69. The Morgan fingerprint density at radius 2 is 2.24 bits per heavy atom. The Labute approximate surface area is 100 Å². The molecule has 1 aromatic heterocycles.